The zero-order valence-corrected chi connectivity index (χ0v) is 90.2. The fourth-order valence-corrected chi connectivity index (χ4v) is 14.8. The summed E-state index contributed by atoms with van der Waals surface area (Å²) < 4.78 is 20.3. The molecule has 0 aromatic heterocycles. The summed E-state index contributed by atoms with van der Waals surface area (Å²) in [5.41, 5.74) is 3.64. The second kappa shape index (κ2) is 114. The first-order chi connectivity index (χ1) is 54.9. The van der Waals surface area contributed by atoms with Crippen molar-refractivity contribution in [2.75, 3.05) is 30.9 Å². The van der Waals surface area contributed by atoms with E-state index in [1.165, 1.54) is 388 Å². The molecule has 2 N–H and O–H groups in total. The molecule has 1 unspecified atom stereocenters. The van der Waals surface area contributed by atoms with Crippen molar-refractivity contribution in [3.8, 4) is 0 Å². The fourth-order valence-electron chi connectivity index (χ4n) is 13.2. The average molecular weight is 2350 g/mol. The molecule has 8 nitrogen and oxygen atoms in total. The van der Waals surface area contributed by atoms with E-state index in [1.807, 2.05) is 13.8 Å². The van der Waals surface area contributed by atoms with Gasteiger partial charge in [0.1, 0.15) is 11.7 Å². The van der Waals surface area contributed by atoms with Gasteiger partial charge in [-0.3, -0.25) is 14.4 Å². The number of unbranched alkanes of at least 4 members (excludes halogenated alkanes) is 50. The molecule has 3 aromatic rings. The van der Waals surface area contributed by atoms with Gasteiger partial charge in [-0.1, -0.05) is 430 Å². The van der Waals surface area contributed by atoms with E-state index in [1.54, 1.807) is 6.92 Å². The van der Waals surface area contributed by atoms with Crippen molar-refractivity contribution in [1.29, 1.82) is 0 Å². The summed E-state index contributed by atoms with van der Waals surface area (Å²) in [6.07, 6.45) is 80.7. The summed E-state index contributed by atoms with van der Waals surface area (Å²) in [6.45, 7) is 20.0. The Hall–Kier alpha value is 0.960. The Morgan fingerprint density at radius 2 is 0.636 bits per heavy atom. The van der Waals surface area contributed by atoms with Gasteiger partial charge in [-0.15, -0.1) is 21.8 Å². The first kappa shape index (κ1) is 137. The summed E-state index contributed by atoms with van der Waals surface area (Å²) in [5, 5.41) is 16.3. The van der Waals surface area contributed by atoms with E-state index in [2.05, 4.69) is 232 Å². The third-order valence-corrected chi connectivity index (χ3v) is 22.6. The Balaban J connectivity index is -0.000000177. The van der Waals surface area contributed by atoms with Gasteiger partial charge in [-0.2, -0.15) is 6.42 Å². The summed E-state index contributed by atoms with van der Waals surface area (Å²) in [6, 6.07) is 26.4. The third kappa shape index (κ3) is 119. The van der Waals surface area contributed by atoms with E-state index in [-0.39, 0.29) is 67.8 Å². The molecule has 0 aliphatic carbocycles. The Kier molecular flexibility index (Phi) is 132. The van der Waals surface area contributed by atoms with Gasteiger partial charge in [0.2, 0.25) is 0 Å². The fraction of sp³-hybridized carbons (Fsp3) is 0.784. The van der Waals surface area contributed by atoms with Crippen molar-refractivity contribution in [2.45, 2.75) is 489 Å². The van der Waals surface area contributed by atoms with Gasteiger partial charge in [0.25, 0.3) is 0 Å². The second-order valence-corrected chi connectivity index (χ2v) is 50.4. The molecule has 1 aliphatic heterocycles. The van der Waals surface area contributed by atoms with Gasteiger partial charge in [0.05, 0.1) is 13.2 Å². The maximum atomic E-state index is 11.2. The number of esters is 3. The number of aliphatic hydroxyl groups is 2. The molecule has 1 aliphatic rings. The summed E-state index contributed by atoms with van der Waals surface area (Å²) >= 11 is 16.3. The van der Waals surface area contributed by atoms with Crippen LogP contribution in [0.4, 0.5) is 0 Å². The quantitative estimate of drug-likeness (QED) is 0.00838. The van der Waals surface area contributed by atoms with Gasteiger partial charge in [0, 0.05) is 43.2 Å². The van der Waals surface area contributed by atoms with E-state index in [4.69, 9.17) is 24.4 Å². The number of benzene rings is 3. The van der Waals surface area contributed by atoms with E-state index in [9.17, 15) is 14.4 Å². The number of rotatable bonds is 65. The average Bonchev–Trinajstić information content (AvgIpc) is 1.13. The number of cyclic esters (lactones) is 1. The molecule has 1 fully saturated rings. The molecule has 0 spiro atoms. The van der Waals surface area contributed by atoms with Crippen LogP contribution < -0.4 is 0 Å². The van der Waals surface area contributed by atoms with Crippen molar-refractivity contribution in [3.05, 3.63) is 107 Å². The van der Waals surface area contributed by atoms with E-state index in [0.717, 1.165) is 38.5 Å². The molecule has 3 aromatic carbocycles. The molecular formula is C102H192BrI5O8SiZn. The van der Waals surface area contributed by atoms with Crippen molar-refractivity contribution >= 4 is 149 Å². The Morgan fingerprint density at radius 1 is 0.407 bits per heavy atom. The van der Waals surface area contributed by atoms with Crippen molar-refractivity contribution in [2.24, 2.45) is 0 Å². The van der Waals surface area contributed by atoms with Crippen LogP contribution in [0.3, 0.4) is 0 Å². The van der Waals surface area contributed by atoms with E-state index < -0.39 is 5.57 Å². The standard InChI is InChI=1S/C26H43IO2.C24H41IO.C18H35IO2.C16H30O2.C8H8I.C3H9ISi.C2H6O.5CH4.BrH.Zn/c1-2-29-26(28)19-17-15-13-11-9-7-5-3-4-6-8-10-12-14-16-18-24-20-22-25(27)23-21-24;25-24-20-18-23(19-21-24)17-15-13-11-9-7-5-3-1-2-4-6-8-10-12-14-16-22-26;1-2-21-18(20)16-14-12-10-8-6-4-3-5-7-9-11-13-15-17-19;1-2-3-4-5-6-7-8-9-10-11-12-15-13-14-16(17)18-15;1-2-7-3-5-8(9)6-4-7;1-5(2,3)4;1-2-3;;;;;;;/h20-23H,2-19H2,1H3;18-21,26H,1-17,22H2;2-17H2,1H3;15H,2-14H2,1H3;3-6H,1-2H2;1-3H3;3H,2H2,1H3;5*1H4;1H;/q;;;;-1;;;;;;;;;+2/p-1. The number of hydrogen-bond donors (Lipinski definition) is 2. The molecule has 0 radical (unpaired) electrons. The van der Waals surface area contributed by atoms with Crippen LogP contribution in [0.2, 0.25) is 19.6 Å². The Morgan fingerprint density at radius 3 is 0.864 bits per heavy atom. The molecule has 4 rings (SSSR count). The predicted molar refractivity (Wildman–Crippen MR) is 574 cm³/mol. The summed E-state index contributed by atoms with van der Waals surface area (Å²) in [7, 11) is 0. The van der Waals surface area contributed by atoms with Crippen LogP contribution in [0.15, 0.2) is 72.8 Å². The Labute approximate surface area is 821 Å². The normalized spacial score (nSPS) is 11.4. The van der Waals surface area contributed by atoms with Crippen LogP contribution in [0.25, 0.3) is 0 Å². The van der Waals surface area contributed by atoms with E-state index in [0.29, 0.717) is 39.1 Å². The number of carbonyl (C=O) groups is 3. The molecule has 118 heavy (non-hydrogen) atoms. The first-order valence-corrected chi connectivity index (χ1v) is 64.5. The molecular weight excluding hydrogens is 2160 g/mol. The monoisotopic (exact) mass is 2350 g/mol. The van der Waals surface area contributed by atoms with Gasteiger partial charge in [0.15, 0.2) is 0 Å². The van der Waals surface area contributed by atoms with Crippen LogP contribution in [-0.4, -0.2) is 70.7 Å². The van der Waals surface area contributed by atoms with E-state index >= 15 is 0 Å². The van der Waals surface area contributed by atoms with Gasteiger partial charge in [-0.25, -0.2) is 0 Å². The van der Waals surface area contributed by atoms with Crippen molar-refractivity contribution < 1.29 is 55.1 Å². The van der Waals surface area contributed by atoms with Crippen LogP contribution in [0.5, 0.6) is 0 Å². The van der Waals surface area contributed by atoms with Crippen molar-refractivity contribution in [1.82, 2.24) is 0 Å². The second-order valence-electron chi connectivity index (χ2n) is 31.7. The number of aliphatic hydroxyl groups excluding tert-OH is 2. The zero-order chi connectivity index (χ0) is 84.3. The third-order valence-electron chi connectivity index (χ3n) is 19.7. The number of ether oxygens (including phenoxy) is 3. The van der Waals surface area contributed by atoms with Gasteiger partial charge in [-0.05, 0) is 211 Å². The Bertz CT molecular complexity index is 2350. The first-order valence-electron chi connectivity index (χ1n) is 46.2. The number of aryl methyl sites for hydroxylation is 2. The van der Waals surface area contributed by atoms with Crippen LogP contribution in [-0.2, 0) is 64.2 Å². The molecule has 0 amide bonds. The minimum atomic E-state index is -0.641. The molecule has 1 heterocycles. The zero-order valence-electron chi connectivity index (χ0n) is 73.9. The molecule has 696 valence electrons. The van der Waals surface area contributed by atoms with Gasteiger partial charge >= 0.3 is 47.9 Å². The van der Waals surface area contributed by atoms with Crippen LogP contribution in [0, 0.1) is 17.6 Å². The van der Waals surface area contributed by atoms with Crippen LogP contribution in [0.1, 0.15) is 460 Å². The maximum absolute atomic E-state index is 11.2. The van der Waals surface area contributed by atoms with Crippen LogP contribution >= 0.6 is 126 Å². The summed E-state index contributed by atoms with van der Waals surface area (Å²) in [4.78, 5) is 33.3. The molecule has 1 atom stereocenters. The van der Waals surface area contributed by atoms with Crippen molar-refractivity contribution in [3.63, 3.8) is 0 Å². The number of alkyl halides is 1. The predicted octanol–water partition coefficient (Wildman–Crippen LogP) is 37.1. The molecule has 16 heteroatoms. The molecule has 1 saturated heterocycles. The number of carbonyl (C=O) groups excluding carboxylic acids is 3. The SMILES string of the molecule is C.C.C.C.C.CCCCCCCCCCCCC1CCC(=O)O1.CCO.CCOC(=O)CCCCCCCCCCCCCCCCCc1ccc(I)cc1.CCOC(=O)CCCCCCCCCCCCCCCI.C[Si](C)(C)I.OCCCCCCCCCCCCCCCCCCc1ccc(I)cc1.[CH2-]Cc1ccc(I)cc1.[Zn+][Br]. The minimum absolute atomic E-state index is 0. The molecule has 0 bridgehead atoms. The topological polar surface area (TPSA) is 119 Å². The van der Waals surface area contributed by atoms with Gasteiger partial charge < -0.3 is 31.3 Å². The number of hydrogen-bond acceptors (Lipinski definition) is 8. The number of halogens is 6. The summed E-state index contributed by atoms with van der Waals surface area (Å²) in [5.74, 6) is -0.0578. The molecule has 0 saturated carbocycles.